The molecule has 11 heavy (non-hydrogen) atoms. The predicted octanol–water partition coefficient (Wildman–Crippen LogP) is 1.60. The first kappa shape index (κ1) is 7.66. The van der Waals surface area contributed by atoms with Crippen LogP contribution in [0.1, 0.15) is 11.3 Å². The van der Waals surface area contributed by atoms with Gasteiger partial charge in [-0.15, -0.1) is 0 Å². The van der Waals surface area contributed by atoms with Gasteiger partial charge in [0.1, 0.15) is 6.29 Å². The number of aldehydes is 1. The van der Waals surface area contributed by atoms with Gasteiger partial charge < -0.3 is 0 Å². The maximum Gasteiger partial charge on any atom is 0.142 e. The average molecular weight is 147 g/mol. The van der Waals surface area contributed by atoms with E-state index in [2.05, 4.69) is 4.98 Å². The van der Waals surface area contributed by atoms with Crippen LogP contribution < -0.4 is 0 Å². The third-order valence-electron chi connectivity index (χ3n) is 1.28. The first-order chi connectivity index (χ1) is 5.33. The SMILES string of the molecule is Cc1ccc(C=CC=O)nc1. The molecule has 56 valence electrons. The Balaban J connectivity index is 2.81. The van der Waals surface area contributed by atoms with E-state index in [1.54, 1.807) is 12.3 Å². The lowest BCUT2D eigenvalue weighted by Crippen LogP contribution is -1.80. The first-order valence-corrected chi connectivity index (χ1v) is 3.37. The van der Waals surface area contributed by atoms with Gasteiger partial charge in [-0.05, 0) is 30.7 Å². The molecule has 0 spiro atoms. The van der Waals surface area contributed by atoms with Crippen LogP contribution in [0.3, 0.4) is 0 Å². The summed E-state index contributed by atoms with van der Waals surface area (Å²) in [4.78, 5) is 14.0. The van der Waals surface area contributed by atoms with Crippen molar-refractivity contribution in [3.63, 3.8) is 0 Å². The topological polar surface area (TPSA) is 30.0 Å². The highest BCUT2D eigenvalue weighted by atomic mass is 16.1. The quantitative estimate of drug-likeness (QED) is 0.469. The van der Waals surface area contributed by atoms with Crippen molar-refractivity contribution in [2.75, 3.05) is 0 Å². The molecule has 0 saturated heterocycles. The zero-order valence-electron chi connectivity index (χ0n) is 6.32. The molecule has 2 nitrogen and oxygen atoms in total. The fourth-order valence-electron chi connectivity index (χ4n) is 0.716. The molecule has 0 atom stereocenters. The van der Waals surface area contributed by atoms with Crippen LogP contribution in [0.25, 0.3) is 6.08 Å². The maximum atomic E-state index is 9.93. The smallest absolute Gasteiger partial charge is 0.142 e. The van der Waals surface area contributed by atoms with Crippen LogP contribution in [-0.4, -0.2) is 11.3 Å². The Hall–Kier alpha value is -1.44. The molecule has 0 aliphatic rings. The summed E-state index contributed by atoms with van der Waals surface area (Å²) in [6.45, 7) is 1.97. The van der Waals surface area contributed by atoms with E-state index in [-0.39, 0.29) is 0 Å². The van der Waals surface area contributed by atoms with Gasteiger partial charge in [-0.1, -0.05) is 6.07 Å². The van der Waals surface area contributed by atoms with E-state index in [4.69, 9.17) is 0 Å². The van der Waals surface area contributed by atoms with E-state index in [9.17, 15) is 4.79 Å². The number of aromatic nitrogens is 1. The van der Waals surface area contributed by atoms with E-state index in [1.807, 2.05) is 19.1 Å². The zero-order chi connectivity index (χ0) is 8.10. The number of pyridine rings is 1. The lowest BCUT2D eigenvalue weighted by molar-refractivity contribution is -0.104. The highest BCUT2D eigenvalue weighted by Crippen LogP contribution is 1.99. The Labute approximate surface area is 65.6 Å². The summed E-state index contributed by atoms with van der Waals surface area (Å²) < 4.78 is 0. The number of allylic oxidation sites excluding steroid dienone is 1. The van der Waals surface area contributed by atoms with Gasteiger partial charge in [0.2, 0.25) is 0 Å². The van der Waals surface area contributed by atoms with Crippen LogP contribution in [0.15, 0.2) is 24.4 Å². The van der Waals surface area contributed by atoms with Gasteiger partial charge in [-0.2, -0.15) is 0 Å². The van der Waals surface area contributed by atoms with Crippen molar-refractivity contribution in [2.24, 2.45) is 0 Å². The fourth-order valence-corrected chi connectivity index (χ4v) is 0.716. The van der Waals surface area contributed by atoms with E-state index in [1.165, 1.54) is 6.08 Å². The van der Waals surface area contributed by atoms with Crippen molar-refractivity contribution in [2.45, 2.75) is 6.92 Å². The largest absolute Gasteiger partial charge is 0.299 e. The molecule has 0 aliphatic heterocycles. The lowest BCUT2D eigenvalue weighted by Gasteiger charge is -1.91. The van der Waals surface area contributed by atoms with Crippen molar-refractivity contribution in [1.82, 2.24) is 4.98 Å². The second-order valence-corrected chi connectivity index (χ2v) is 2.26. The van der Waals surface area contributed by atoms with Gasteiger partial charge in [0, 0.05) is 6.20 Å². The van der Waals surface area contributed by atoms with Gasteiger partial charge in [0.25, 0.3) is 0 Å². The summed E-state index contributed by atoms with van der Waals surface area (Å²) >= 11 is 0. The summed E-state index contributed by atoms with van der Waals surface area (Å²) in [6.07, 6.45) is 5.61. The Morgan fingerprint density at radius 2 is 2.27 bits per heavy atom. The molecule has 0 aliphatic carbocycles. The normalized spacial score (nSPS) is 10.3. The molecule has 0 unspecified atom stereocenters. The lowest BCUT2D eigenvalue weighted by atomic mass is 10.2. The minimum atomic E-state index is 0.738. The molecule has 2 heteroatoms. The van der Waals surface area contributed by atoms with Gasteiger partial charge in [0.05, 0.1) is 5.69 Å². The van der Waals surface area contributed by atoms with Crippen LogP contribution in [-0.2, 0) is 4.79 Å². The number of hydrogen-bond acceptors (Lipinski definition) is 2. The maximum absolute atomic E-state index is 9.93. The molecule has 0 aromatic carbocycles. The molecule has 1 heterocycles. The molecule has 0 amide bonds. The number of carbonyl (C=O) groups excluding carboxylic acids is 1. The second-order valence-electron chi connectivity index (χ2n) is 2.26. The van der Waals surface area contributed by atoms with E-state index in [0.717, 1.165) is 17.5 Å². The number of nitrogens with zero attached hydrogens (tertiary/aromatic N) is 1. The van der Waals surface area contributed by atoms with Crippen LogP contribution in [0, 0.1) is 6.92 Å². The monoisotopic (exact) mass is 147 g/mol. The van der Waals surface area contributed by atoms with Crippen LogP contribution in [0.2, 0.25) is 0 Å². The number of aryl methyl sites for hydroxylation is 1. The van der Waals surface area contributed by atoms with E-state index < -0.39 is 0 Å². The molecular weight excluding hydrogens is 138 g/mol. The highest BCUT2D eigenvalue weighted by molar-refractivity contribution is 5.72. The summed E-state index contributed by atoms with van der Waals surface area (Å²) in [7, 11) is 0. The van der Waals surface area contributed by atoms with Gasteiger partial charge in [-0.25, -0.2) is 0 Å². The van der Waals surface area contributed by atoms with E-state index in [0.29, 0.717) is 0 Å². The van der Waals surface area contributed by atoms with Gasteiger partial charge in [-0.3, -0.25) is 9.78 Å². The Kier molecular flexibility index (Phi) is 2.55. The number of hydrogen-bond donors (Lipinski definition) is 0. The molecule has 0 bridgehead atoms. The molecule has 1 aromatic rings. The molecule has 0 N–H and O–H groups in total. The van der Waals surface area contributed by atoms with Gasteiger partial charge >= 0.3 is 0 Å². The van der Waals surface area contributed by atoms with Crippen molar-refractivity contribution >= 4 is 12.4 Å². The second kappa shape index (κ2) is 3.66. The standard InChI is InChI=1S/C9H9NO/c1-8-4-5-9(10-7-8)3-2-6-11/h2-7H,1H3. The van der Waals surface area contributed by atoms with Crippen LogP contribution in [0.4, 0.5) is 0 Å². The molecule has 0 saturated carbocycles. The summed E-state index contributed by atoms with van der Waals surface area (Å²) in [5, 5.41) is 0. The van der Waals surface area contributed by atoms with Crippen LogP contribution >= 0.6 is 0 Å². The molecule has 0 fully saturated rings. The Bertz CT molecular complexity index is 261. The Morgan fingerprint density at radius 1 is 1.45 bits per heavy atom. The summed E-state index contributed by atoms with van der Waals surface area (Å²) in [6, 6.07) is 3.83. The third-order valence-corrected chi connectivity index (χ3v) is 1.28. The first-order valence-electron chi connectivity index (χ1n) is 3.37. The zero-order valence-corrected chi connectivity index (χ0v) is 6.32. The number of carbonyl (C=O) groups is 1. The van der Waals surface area contributed by atoms with Crippen LogP contribution in [0.5, 0.6) is 0 Å². The minimum absolute atomic E-state index is 0.738. The highest BCUT2D eigenvalue weighted by Gasteiger charge is 1.85. The predicted molar refractivity (Wildman–Crippen MR) is 44.1 cm³/mol. The summed E-state index contributed by atoms with van der Waals surface area (Å²) in [5.74, 6) is 0. The Morgan fingerprint density at radius 3 is 2.82 bits per heavy atom. The van der Waals surface area contributed by atoms with Crippen molar-refractivity contribution < 1.29 is 4.79 Å². The average Bonchev–Trinajstić information content (AvgIpc) is 2.04. The minimum Gasteiger partial charge on any atom is -0.299 e. The third kappa shape index (κ3) is 2.34. The molecular formula is C9H9NO. The van der Waals surface area contributed by atoms with Crippen molar-refractivity contribution in [3.8, 4) is 0 Å². The van der Waals surface area contributed by atoms with E-state index >= 15 is 0 Å². The molecule has 1 aromatic heterocycles. The molecule has 0 radical (unpaired) electrons. The van der Waals surface area contributed by atoms with Gasteiger partial charge in [0.15, 0.2) is 0 Å². The van der Waals surface area contributed by atoms with Crippen molar-refractivity contribution in [1.29, 1.82) is 0 Å². The molecule has 1 rings (SSSR count). The number of rotatable bonds is 2. The van der Waals surface area contributed by atoms with Crippen molar-refractivity contribution in [3.05, 3.63) is 35.7 Å². The summed E-state index contributed by atoms with van der Waals surface area (Å²) in [5.41, 5.74) is 1.93. The fraction of sp³-hybridized carbons (Fsp3) is 0.111.